The lowest BCUT2D eigenvalue weighted by Gasteiger charge is -2.32. The largest absolute Gasteiger partial charge is 0.314 e. The van der Waals surface area contributed by atoms with Crippen LogP contribution in [0.1, 0.15) is 11.3 Å². The van der Waals surface area contributed by atoms with Crippen molar-refractivity contribution in [2.45, 2.75) is 13.5 Å². The Morgan fingerprint density at radius 3 is 2.26 bits per heavy atom. The normalized spacial score (nSPS) is 16.0. The molecular formula is C23H26ClN3. The molecule has 4 rings (SSSR count). The average molecular weight is 380 g/mol. The van der Waals surface area contributed by atoms with Crippen LogP contribution in [-0.2, 0) is 6.54 Å². The van der Waals surface area contributed by atoms with E-state index in [0.29, 0.717) is 0 Å². The number of hydrogen-bond donors (Lipinski definition) is 0. The van der Waals surface area contributed by atoms with Crippen LogP contribution in [0.3, 0.4) is 0 Å². The van der Waals surface area contributed by atoms with Crippen LogP contribution < -0.4 is 0 Å². The predicted octanol–water partition coefficient (Wildman–Crippen LogP) is 4.85. The summed E-state index contributed by atoms with van der Waals surface area (Å²) in [6.07, 6.45) is 0. The lowest BCUT2D eigenvalue weighted by molar-refractivity contribution is 0.148. The van der Waals surface area contributed by atoms with Crippen molar-refractivity contribution < 1.29 is 0 Å². The summed E-state index contributed by atoms with van der Waals surface area (Å²) in [6.45, 7) is 7.71. The van der Waals surface area contributed by atoms with Crippen molar-refractivity contribution in [3.8, 4) is 16.9 Å². The van der Waals surface area contributed by atoms with Gasteiger partial charge in [0.15, 0.2) is 0 Å². The van der Waals surface area contributed by atoms with Gasteiger partial charge < -0.3 is 9.47 Å². The molecule has 1 aromatic heterocycles. The van der Waals surface area contributed by atoms with Gasteiger partial charge in [0.1, 0.15) is 0 Å². The Kier molecular flexibility index (Phi) is 5.35. The van der Waals surface area contributed by atoms with Gasteiger partial charge in [-0.1, -0.05) is 48.0 Å². The summed E-state index contributed by atoms with van der Waals surface area (Å²) < 4.78 is 2.34. The molecule has 4 heteroatoms. The van der Waals surface area contributed by atoms with Crippen LogP contribution in [0.2, 0.25) is 5.02 Å². The molecular weight excluding hydrogens is 354 g/mol. The van der Waals surface area contributed by atoms with E-state index in [4.69, 9.17) is 11.6 Å². The van der Waals surface area contributed by atoms with Crippen LogP contribution in [0.5, 0.6) is 0 Å². The van der Waals surface area contributed by atoms with Crippen LogP contribution in [0.15, 0.2) is 60.7 Å². The Morgan fingerprint density at radius 1 is 0.889 bits per heavy atom. The summed E-state index contributed by atoms with van der Waals surface area (Å²) in [5.41, 5.74) is 6.08. The number of benzene rings is 2. The number of likely N-dealkylation sites (N-methyl/N-ethyl adjacent to an activating group) is 1. The second-order valence-corrected chi connectivity index (χ2v) is 7.78. The highest BCUT2D eigenvalue weighted by Crippen LogP contribution is 2.34. The van der Waals surface area contributed by atoms with Crippen molar-refractivity contribution in [1.29, 1.82) is 0 Å². The summed E-state index contributed by atoms with van der Waals surface area (Å²) in [7, 11) is 2.20. The lowest BCUT2D eigenvalue weighted by Crippen LogP contribution is -2.43. The van der Waals surface area contributed by atoms with Crippen molar-refractivity contribution in [2.24, 2.45) is 0 Å². The molecule has 0 unspecified atom stereocenters. The molecule has 0 spiro atoms. The maximum absolute atomic E-state index is 6.56. The van der Waals surface area contributed by atoms with Gasteiger partial charge in [-0.15, -0.1) is 0 Å². The van der Waals surface area contributed by atoms with Gasteiger partial charge >= 0.3 is 0 Å². The zero-order valence-corrected chi connectivity index (χ0v) is 16.8. The van der Waals surface area contributed by atoms with E-state index in [9.17, 15) is 0 Å². The molecule has 1 saturated heterocycles. The van der Waals surface area contributed by atoms with E-state index in [1.165, 1.54) is 16.9 Å². The van der Waals surface area contributed by atoms with E-state index in [1.54, 1.807) is 0 Å². The second-order valence-electron chi connectivity index (χ2n) is 7.37. The third-order valence-corrected chi connectivity index (χ3v) is 5.84. The maximum Gasteiger partial charge on any atom is 0.0549 e. The summed E-state index contributed by atoms with van der Waals surface area (Å²) in [5.74, 6) is 0. The lowest BCUT2D eigenvalue weighted by atomic mass is 10.1. The Bertz CT molecular complexity index is 909. The number of nitrogens with zero attached hydrogens (tertiary/aromatic N) is 3. The van der Waals surface area contributed by atoms with Gasteiger partial charge in [-0.2, -0.15) is 0 Å². The van der Waals surface area contributed by atoms with Crippen LogP contribution in [0.4, 0.5) is 0 Å². The minimum atomic E-state index is 0.790. The molecule has 0 aliphatic carbocycles. The van der Waals surface area contributed by atoms with Gasteiger partial charge in [-0.25, -0.2) is 0 Å². The monoisotopic (exact) mass is 379 g/mol. The maximum atomic E-state index is 6.56. The van der Waals surface area contributed by atoms with Gasteiger partial charge in [0.05, 0.1) is 5.69 Å². The average Bonchev–Trinajstić information content (AvgIpc) is 3.01. The first-order chi connectivity index (χ1) is 13.1. The predicted molar refractivity (Wildman–Crippen MR) is 114 cm³/mol. The van der Waals surface area contributed by atoms with E-state index in [-0.39, 0.29) is 0 Å². The molecule has 27 heavy (non-hydrogen) atoms. The molecule has 0 atom stereocenters. The van der Waals surface area contributed by atoms with Crippen molar-refractivity contribution in [1.82, 2.24) is 14.4 Å². The van der Waals surface area contributed by atoms with Crippen LogP contribution in [0, 0.1) is 6.92 Å². The number of halogens is 1. The van der Waals surface area contributed by atoms with E-state index in [1.807, 2.05) is 12.1 Å². The molecule has 0 radical (unpaired) electrons. The fourth-order valence-corrected chi connectivity index (χ4v) is 4.07. The van der Waals surface area contributed by atoms with Crippen molar-refractivity contribution in [2.75, 3.05) is 33.2 Å². The smallest absolute Gasteiger partial charge is 0.0549 e. The number of para-hydroxylation sites is 1. The summed E-state index contributed by atoms with van der Waals surface area (Å²) in [4.78, 5) is 4.95. The molecule has 1 fully saturated rings. The highest BCUT2D eigenvalue weighted by Gasteiger charge is 2.20. The standard InChI is InChI=1S/C23H26ClN3/c1-18-19(17-26-14-12-25(2)13-15-26)16-23(21-10-6-7-11-22(21)24)27(18)20-8-4-3-5-9-20/h3-11,16H,12-15,17H2,1-2H3. The first-order valence-electron chi connectivity index (χ1n) is 9.56. The van der Waals surface area contributed by atoms with Gasteiger partial charge in [0.25, 0.3) is 0 Å². The van der Waals surface area contributed by atoms with Crippen LogP contribution in [0.25, 0.3) is 16.9 Å². The third kappa shape index (κ3) is 3.81. The zero-order chi connectivity index (χ0) is 18.8. The zero-order valence-electron chi connectivity index (χ0n) is 16.0. The van der Waals surface area contributed by atoms with Crippen molar-refractivity contribution in [3.63, 3.8) is 0 Å². The van der Waals surface area contributed by atoms with E-state index >= 15 is 0 Å². The number of rotatable bonds is 4. The molecule has 0 amide bonds. The highest BCUT2D eigenvalue weighted by molar-refractivity contribution is 6.33. The molecule has 0 saturated carbocycles. The van der Waals surface area contributed by atoms with Gasteiger partial charge in [0, 0.05) is 54.7 Å². The summed E-state index contributed by atoms with van der Waals surface area (Å²) >= 11 is 6.56. The quantitative estimate of drug-likeness (QED) is 0.641. The van der Waals surface area contributed by atoms with Crippen LogP contribution in [-0.4, -0.2) is 47.6 Å². The first kappa shape index (κ1) is 18.3. The fraction of sp³-hybridized carbons (Fsp3) is 0.304. The van der Waals surface area contributed by atoms with Gasteiger partial charge in [-0.3, -0.25) is 4.90 Å². The number of hydrogen-bond acceptors (Lipinski definition) is 2. The van der Waals surface area contributed by atoms with E-state index < -0.39 is 0 Å². The SMILES string of the molecule is Cc1c(CN2CCN(C)CC2)cc(-c2ccccc2Cl)n1-c1ccccc1. The summed E-state index contributed by atoms with van der Waals surface area (Å²) in [5, 5.41) is 0.790. The minimum Gasteiger partial charge on any atom is -0.314 e. The Hall–Kier alpha value is -2.07. The van der Waals surface area contributed by atoms with Crippen molar-refractivity contribution in [3.05, 3.63) is 76.9 Å². The first-order valence-corrected chi connectivity index (χ1v) is 9.94. The Labute approximate surface area is 166 Å². The van der Waals surface area contributed by atoms with E-state index in [0.717, 1.165) is 49.0 Å². The molecule has 140 valence electrons. The molecule has 1 aliphatic rings. The van der Waals surface area contributed by atoms with Gasteiger partial charge in [0.2, 0.25) is 0 Å². The number of piperazine rings is 1. The molecule has 0 N–H and O–H groups in total. The number of aromatic nitrogens is 1. The Morgan fingerprint density at radius 2 is 1.56 bits per heavy atom. The highest BCUT2D eigenvalue weighted by atomic mass is 35.5. The summed E-state index contributed by atoms with van der Waals surface area (Å²) in [6, 6.07) is 21.0. The minimum absolute atomic E-state index is 0.790. The van der Waals surface area contributed by atoms with E-state index in [2.05, 4.69) is 76.9 Å². The molecule has 0 bridgehead atoms. The molecule has 3 aromatic rings. The second kappa shape index (κ2) is 7.89. The molecule has 2 heterocycles. The Balaban J connectivity index is 1.77. The van der Waals surface area contributed by atoms with Crippen molar-refractivity contribution >= 4 is 11.6 Å². The molecule has 1 aliphatic heterocycles. The topological polar surface area (TPSA) is 11.4 Å². The third-order valence-electron chi connectivity index (χ3n) is 5.51. The van der Waals surface area contributed by atoms with Gasteiger partial charge in [-0.05, 0) is 43.8 Å². The van der Waals surface area contributed by atoms with Crippen LogP contribution >= 0.6 is 11.6 Å². The molecule has 2 aromatic carbocycles. The molecule has 3 nitrogen and oxygen atoms in total. The fourth-order valence-electron chi connectivity index (χ4n) is 3.84.